The molecule has 0 spiro atoms. The molecule has 1 aromatic rings. The van der Waals surface area contributed by atoms with Crippen molar-refractivity contribution in [3.05, 3.63) is 30.7 Å². The number of phenols is 1. The van der Waals surface area contributed by atoms with E-state index >= 15 is 0 Å². The van der Waals surface area contributed by atoms with E-state index in [2.05, 4.69) is 15.9 Å². The molecule has 0 radical (unpaired) electrons. The van der Waals surface area contributed by atoms with Gasteiger partial charge in [0.15, 0.2) is 0 Å². The van der Waals surface area contributed by atoms with E-state index in [0.29, 0.717) is 0 Å². The van der Waals surface area contributed by atoms with Crippen molar-refractivity contribution < 1.29 is 10.0 Å². The molecule has 4 nitrogen and oxygen atoms in total. The Morgan fingerprint density at radius 1 is 1.54 bits per heavy atom. The van der Waals surface area contributed by atoms with Crippen molar-refractivity contribution in [3.63, 3.8) is 0 Å². The molecule has 7 heteroatoms. The van der Waals surface area contributed by atoms with Gasteiger partial charge in [-0.3, -0.25) is 10.1 Å². The van der Waals surface area contributed by atoms with Crippen LogP contribution in [0.4, 0.5) is 5.69 Å². The summed E-state index contributed by atoms with van der Waals surface area (Å²) in [5.74, 6) is -0.625. The van der Waals surface area contributed by atoms with E-state index in [1.807, 2.05) is 0 Å². The number of halogens is 3. The van der Waals surface area contributed by atoms with Crippen molar-refractivity contribution >= 4 is 44.8 Å². The fraction of sp³-hybridized carbons (Fsp3) is 0. The number of rotatable bonds is 1. The molecule has 0 fully saturated rings. The molecule has 0 saturated heterocycles. The lowest BCUT2D eigenvalue weighted by molar-refractivity contribution is -0.385. The molecular formula is C6H2BrCl2NO3. The number of nitrogens with zero attached hydrogens (tertiary/aromatic N) is 1. The lowest BCUT2D eigenvalue weighted by Gasteiger charge is -2.02. The first-order valence-electron chi connectivity index (χ1n) is 2.96. The van der Waals surface area contributed by atoms with E-state index in [-0.39, 0.29) is 14.5 Å². The van der Waals surface area contributed by atoms with Gasteiger partial charge in [0.05, 0.1) is 9.95 Å². The van der Waals surface area contributed by atoms with Gasteiger partial charge < -0.3 is 5.11 Å². The van der Waals surface area contributed by atoms with Gasteiger partial charge >= 0.3 is 5.69 Å². The summed E-state index contributed by atoms with van der Waals surface area (Å²) in [6.45, 7) is 0. The summed E-state index contributed by atoms with van der Waals surface area (Å²) < 4.78 is 0.267. The van der Waals surface area contributed by atoms with Crippen molar-refractivity contribution in [2.24, 2.45) is 0 Å². The zero-order chi connectivity index (χ0) is 10.2. The number of hydrogen-bond acceptors (Lipinski definition) is 3. The van der Waals surface area contributed by atoms with Crippen LogP contribution in [0, 0.1) is 10.1 Å². The molecule has 1 aromatic carbocycles. The maximum Gasteiger partial charge on any atom is 0.331 e. The molecule has 0 aliphatic heterocycles. The second-order valence-corrected chi connectivity index (χ2v) is 3.75. The molecule has 0 saturated carbocycles. The number of nitro groups is 1. The van der Waals surface area contributed by atoms with Crippen LogP contribution >= 0.6 is 39.1 Å². The highest BCUT2D eigenvalue weighted by molar-refractivity contribution is 9.10. The predicted molar refractivity (Wildman–Crippen MR) is 52.5 cm³/mol. The van der Waals surface area contributed by atoms with Crippen molar-refractivity contribution in [3.8, 4) is 5.75 Å². The molecule has 1 N–H and O–H groups in total. The van der Waals surface area contributed by atoms with E-state index in [1.165, 1.54) is 6.07 Å². The number of nitro benzene ring substituents is 1. The highest BCUT2D eigenvalue weighted by atomic mass is 79.9. The topological polar surface area (TPSA) is 63.4 Å². The van der Waals surface area contributed by atoms with E-state index in [9.17, 15) is 15.2 Å². The Morgan fingerprint density at radius 3 is 2.54 bits per heavy atom. The first kappa shape index (κ1) is 10.6. The number of phenolic OH excluding ortho intramolecular Hbond substituents is 1. The van der Waals surface area contributed by atoms with E-state index in [4.69, 9.17) is 23.2 Å². The molecular weight excluding hydrogens is 285 g/mol. The van der Waals surface area contributed by atoms with Gasteiger partial charge in [0.1, 0.15) is 5.02 Å². The Labute approximate surface area is 91.4 Å². The largest absolute Gasteiger partial charge is 0.501 e. The summed E-state index contributed by atoms with van der Waals surface area (Å²) in [5.41, 5.74) is -0.596. The monoisotopic (exact) mass is 285 g/mol. The lowest BCUT2D eigenvalue weighted by Crippen LogP contribution is -1.91. The second-order valence-electron chi connectivity index (χ2n) is 2.11. The molecule has 0 aliphatic rings. The molecule has 0 atom stereocenters. The highest BCUT2D eigenvalue weighted by Crippen LogP contribution is 2.43. The Balaban J connectivity index is 3.56. The maximum absolute atomic E-state index is 10.4. The molecule has 70 valence electrons. The fourth-order valence-electron chi connectivity index (χ4n) is 0.740. The highest BCUT2D eigenvalue weighted by Gasteiger charge is 2.23. The summed E-state index contributed by atoms with van der Waals surface area (Å²) in [7, 11) is 0. The van der Waals surface area contributed by atoms with E-state index < -0.39 is 16.4 Å². The SMILES string of the molecule is O=[N+]([O-])c1c(O)c(Cl)cc(Br)c1Cl. The average Bonchev–Trinajstić information content (AvgIpc) is 2.01. The molecule has 0 unspecified atom stereocenters. The third kappa shape index (κ3) is 1.87. The van der Waals surface area contributed by atoms with Gasteiger partial charge in [0.2, 0.25) is 5.75 Å². The van der Waals surface area contributed by atoms with Crippen LogP contribution in [-0.2, 0) is 0 Å². The Morgan fingerprint density at radius 2 is 2.08 bits per heavy atom. The summed E-state index contributed by atoms with van der Waals surface area (Å²) in [6.07, 6.45) is 0. The molecule has 1 rings (SSSR count). The van der Waals surface area contributed by atoms with Crippen LogP contribution in [0.25, 0.3) is 0 Å². The fourth-order valence-corrected chi connectivity index (χ4v) is 1.70. The first-order chi connectivity index (χ1) is 5.95. The molecule has 0 amide bonds. The smallest absolute Gasteiger partial charge is 0.331 e. The van der Waals surface area contributed by atoms with Gasteiger partial charge in [-0.2, -0.15) is 0 Å². The number of aromatic hydroxyl groups is 1. The molecule has 0 heterocycles. The van der Waals surface area contributed by atoms with E-state index in [1.54, 1.807) is 0 Å². The van der Waals surface area contributed by atoms with Gasteiger partial charge in [-0.1, -0.05) is 23.2 Å². The van der Waals surface area contributed by atoms with Crippen LogP contribution < -0.4 is 0 Å². The first-order valence-corrected chi connectivity index (χ1v) is 4.51. The zero-order valence-corrected chi connectivity index (χ0v) is 9.02. The quantitative estimate of drug-likeness (QED) is 0.489. The Hall–Kier alpha value is -0.520. The summed E-state index contributed by atoms with van der Waals surface area (Å²) in [5, 5.41) is 19.3. The standard InChI is InChI=1S/C6H2BrCl2NO3/c7-2-1-3(8)6(11)5(4(2)9)10(12)13/h1,11H. The number of hydrogen-bond donors (Lipinski definition) is 1. The lowest BCUT2D eigenvalue weighted by atomic mass is 10.3. The maximum atomic E-state index is 10.4. The van der Waals surface area contributed by atoms with Crippen LogP contribution in [0.5, 0.6) is 5.75 Å². The van der Waals surface area contributed by atoms with Crippen molar-refractivity contribution in [2.75, 3.05) is 0 Å². The van der Waals surface area contributed by atoms with E-state index in [0.717, 1.165) is 0 Å². The third-order valence-corrected chi connectivity index (χ3v) is 2.83. The van der Waals surface area contributed by atoms with Crippen molar-refractivity contribution in [2.45, 2.75) is 0 Å². The predicted octanol–water partition coefficient (Wildman–Crippen LogP) is 3.37. The van der Waals surface area contributed by atoms with Crippen molar-refractivity contribution in [1.82, 2.24) is 0 Å². The molecule has 0 aromatic heterocycles. The molecule has 0 aliphatic carbocycles. The number of benzene rings is 1. The van der Waals surface area contributed by atoms with Crippen LogP contribution in [0.2, 0.25) is 10.0 Å². The van der Waals surface area contributed by atoms with Gasteiger partial charge in [-0.25, -0.2) is 0 Å². The third-order valence-electron chi connectivity index (χ3n) is 1.30. The molecule has 13 heavy (non-hydrogen) atoms. The van der Waals surface area contributed by atoms with Gasteiger partial charge in [0, 0.05) is 4.47 Å². The Kier molecular flexibility index (Phi) is 3.00. The minimum absolute atomic E-state index is 0.122. The summed E-state index contributed by atoms with van der Waals surface area (Å²) >= 11 is 14.0. The molecule has 0 bridgehead atoms. The normalized spacial score (nSPS) is 10.1. The van der Waals surface area contributed by atoms with Gasteiger partial charge in [0.25, 0.3) is 0 Å². The summed E-state index contributed by atoms with van der Waals surface area (Å²) in [4.78, 5) is 9.63. The van der Waals surface area contributed by atoms with Crippen LogP contribution in [0.15, 0.2) is 10.5 Å². The van der Waals surface area contributed by atoms with Crippen LogP contribution in [0.3, 0.4) is 0 Å². The second kappa shape index (κ2) is 3.69. The van der Waals surface area contributed by atoms with Crippen LogP contribution in [-0.4, -0.2) is 10.0 Å². The minimum Gasteiger partial charge on any atom is -0.501 e. The van der Waals surface area contributed by atoms with Crippen molar-refractivity contribution in [1.29, 1.82) is 0 Å². The van der Waals surface area contributed by atoms with Gasteiger partial charge in [-0.05, 0) is 22.0 Å². The zero-order valence-electron chi connectivity index (χ0n) is 5.92. The summed E-state index contributed by atoms with van der Waals surface area (Å²) in [6, 6.07) is 1.28. The van der Waals surface area contributed by atoms with Gasteiger partial charge in [-0.15, -0.1) is 0 Å². The average molecular weight is 287 g/mol. The Bertz CT molecular complexity index is 356. The minimum atomic E-state index is -0.797. The van der Waals surface area contributed by atoms with Crippen LogP contribution in [0.1, 0.15) is 0 Å².